The molecule has 0 aliphatic heterocycles. The van der Waals surface area contributed by atoms with Gasteiger partial charge in [-0.15, -0.1) is 11.3 Å². The largest absolute Gasteiger partial charge is 0.367 e. The first-order valence-electron chi connectivity index (χ1n) is 5.98. The summed E-state index contributed by atoms with van der Waals surface area (Å²) < 4.78 is 1.32. The lowest BCUT2D eigenvalue weighted by Gasteiger charge is -2.14. The molecule has 2 nitrogen and oxygen atoms in total. The van der Waals surface area contributed by atoms with Crippen LogP contribution in [-0.4, -0.2) is 22.5 Å². The molecular formula is C13H16N2S2. The van der Waals surface area contributed by atoms with Crippen LogP contribution in [0.4, 0.5) is 5.82 Å². The Balaban J connectivity index is 1.79. The number of hydrogen-bond acceptors (Lipinski definition) is 4. The summed E-state index contributed by atoms with van der Waals surface area (Å²) in [4.78, 5) is 4.48. The predicted octanol–water partition coefficient (Wildman–Crippen LogP) is 3.99. The van der Waals surface area contributed by atoms with Crippen molar-refractivity contribution >= 4 is 39.0 Å². The Morgan fingerprint density at radius 1 is 1.41 bits per heavy atom. The highest BCUT2D eigenvalue weighted by molar-refractivity contribution is 7.99. The van der Waals surface area contributed by atoms with E-state index in [1.54, 1.807) is 11.3 Å². The number of rotatable bonds is 3. The van der Waals surface area contributed by atoms with Crippen LogP contribution in [0, 0.1) is 0 Å². The van der Waals surface area contributed by atoms with Crippen LogP contribution in [0.2, 0.25) is 0 Å². The third kappa shape index (κ3) is 2.29. The van der Waals surface area contributed by atoms with Gasteiger partial charge in [-0.1, -0.05) is 0 Å². The number of hydrogen-bond donors (Lipinski definition) is 1. The molecule has 2 unspecified atom stereocenters. The number of nitrogens with one attached hydrogen (secondary N) is 1. The average Bonchev–Trinajstić information content (AvgIpc) is 2.97. The molecule has 90 valence electrons. The summed E-state index contributed by atoms with van der Waals surface area (Å²) in [6.07, 6.45) is 7.99. The lowest BCUT2D eigenvalue weighted by atomic mass is 10.2. The minimum Gasteiger partial charge on any atom is -0.367 e. The highest BCUT2D eigenvalue weighted by Gasteiger charge is 2.24. The van der Waals surface area contributed by atoms with Crippen LogP contribution in [0.3, 0.4) is 0 Å². The highest BCUT2D eigenvalue weighted by Crippen LogP contribution is 2.32. The van der Waals surface area contributed by atoms with E-state index >= 15 is 0 Å². The second-order valence-corrected chi connectivity index (χ2v) is 6.59. The van der Waals surface area contributed by atoms with E-state index in [9.17, 15) is 0 Å². The quantitative estimate of drug-likeness (QED) is 0.907. The first-order valence-corrected chi connectivity index (χ1v) is 8.15. The first kappa shape index (κ1) is 11.4. The Bertz CT molecular complexity index is 509. The van der Waals surface area contributed by atoms with Gasteiger partial charge in [0.1, 0.15) is 5.82 Å². The number of thioether (sulfide) groups is 1. The third-order valence-corrected chi connectivity index (χ3v) is 5.42. The fourth-order valence-corrected chi connectivity index (χ4v) is 4.07. The van der Waals surface area contributed by atoms with Crippen LogP contribution in [0.1, 0.15) is 19.3 Å². The van der Waals surface area contributed by atoms with Crippen molar-refractivity contribution in [1.82, 2.24) is 4.98 Å². The molecule has 0 spiro atoms. The number of anilines is 1. The molecule has 0 amide bonds. The van der Waals surface area contributed by atoms with Gasteiger partial charge in [0.15, 0.2) is 0 Å². The zero-order valence-electron chi connectivity index (χ0n) is 9.85. The van der Waals surface area contributed by atoms with E-state index in [1.807, 2.05) is 18.0 Å². The Morgan fingerprint density at radius 3 is 3.18 bits per heavy atom. The molecule has 0 aromatic carbocycles. The van der Waals surface area contributed by atoms with Crippen molar-refractivity contribution in [3.63, 3.8) is 0 Å². The van der Waals surface area contributed by atoms with E-state index in [0.717, 1.165) is 11.1 Å². The van der Waals surface area contributed by atoms with Gasteiger partial charge >= 0.3 is 0 Å². The molecule has 0 bridgehead atoms. The van der Waals surface area contributed by atoms with Crippen molar-refractivity contribution in [2.75, 3.05) is 11.6 Å². The molecule has 2 aromatic heterocycles. The Labute approximate surface area is 110 Å². The number of pyridine rings is 1. The van der Waals surface area contributed by atoms with Gasteiger partial charge in [0, 0.05) is 27.6 Å². The van der Waals surface area contributed by atoms with Crippen LogP contribution in [-0.2, 0) is 0 Å². The van der Waals surface area contributed by atoms with Gasteiger partial charge in [0.25, 0.3) is 0 Å². The molecule has 2 heterocycles. The van der Waals surface area contributed by atoms with E-state index in [-0.39, 0.29) is 0 Å². The monoisotopic (exact) mass is 264 g/mol. The lowest BCUT2D eigenvalue weighted by Crippen LogP contribution is -2.16. The minimum absolute atomic E-state index is 0.602. The van der Waals surface area contributed by atoms with Crippen LogP contribution >= 0.6 is 23.1 Å². The van der Waals surface area contributed by atoms with Crippen molar-refractivity contribution in [2.24, 2.45) is 0 Å². The molecule has 17 heavy (non-hydrogen) atoms. The van der Waals surface area contributed by atoms with Gasteiger partial charge in [-0.3, -0.25) is 0 Å². The Kier molecular flexibility index (Phi) is 3.25. The van der Waals surface area contributed by atoms with Crippen molar-refractivity contribution in [2.45, 2.75) is 30.6 Å². The lowest BCUT2D eigenvalue weighted by molar-refractivity contribution is 0.754. The van der Waals surface area contributed by atoms with Gasteiger partial charge in [-0.05, 0) is 43.0 Å². The maximum Gasteiger partial charge on any atom is 0.134 e. The SMILES string of the molecule is CSC1CCC(Nc2nccc3sccc23)C1. The van der Waals surface area contributed by atoms with Crippen LogP contribution < -0.4 is 5.32 Å². The number of aromatic nitrogens is 1. The minimum atomic E-state index is 0.602. The third-order valence-electron chi connectivity index (χ3n) is 3.44. The van der Waals surface area contributed by atoms with Gasteiger partial charge in [0.2, 0.25) is 0 Å². The van der Waals surface area contributed by atoms with Gasteiger partial charge < -0.3 is 5.32 Å². The van der Waals surface area contributed by atoms with E-state index in [2.05, 4.69) is 34.1 Å². The maximum atomic E-state index is 4.48. The zero-order chi connectivity index (χ0) is 11.7. The van der Waals surface area contributed by atoms with Crippen LogP contribution in [0.15, 0.2) is 23.7 Å². The van der Waals surface area contributed by atoms with Crippen molar-refractivity contribution in [3.05, 3.63) is 23.7 Å². The van der Waals surface area contributed by atoms with Crippen molar-refractivity contribution < 1.29 is 0 Å². The summed E-state index contributed by atoms with van der Waals surface area (Å²) in [5.74, 6) is 1.07. The molecular weight excluding hydrogens is 248 g/mol. The van der Waals surface area contributed by atoms with Crippen LogP contribution in [0.25, 0.3) is 10.1 Å². The molecule has 1 N–H and O–H groups in total. The van der Waals surface area contributed by atoms with E-state index in [1.165, 1.54) is 29.3 Å². The molecule has 2 aromatic rings. The Hall–Kier alpha value is -0.740. The normalized spacial score (nSPS) is 24.3. The van der Waals surface area contributed by atoms with Gasteiger partial charge in [-0.25, -0.2) is 4.98 Å². The summed E-state index contributed by atoms with van der Waals surface area (Å²) in [6, 6.07) is 4.85. The number of fused-ring (bicyclic) bond motifs is 1. The highest BCUT2D eigenvalue weighted by atomic mass is 32.2. The molecule has 3 rings (SSSR count). The fourth-order valence-electron chi connectivity index (χ4n) is 2.49. The van der Waals surface area contributed by atoms with E-state index < -0.39 is 0 Å². The molecule has 0 radical (unpaired) electrons. The molecule has 1 aliphatic rings. The molecule has 4 heteroatoms. The summed E-state index contributed by atoms with van der Waals surface area (Å²) >= 11 is 3.77. The van der Waals surface area contributed by atoms with Crippen molar-refractivity contribution in [1.29, 1.82) is 0 Å². The number of nitrogens with zero attached hydrogens (tertiary/aromatic N) is 1. The number of thiophene rings is 1. The van der Waals surface area contributed by atoms with E-state index in [4.69, 9.17) is 0 Å². The smallest absolute Gasteiger partial charge is 0.134 e. The molecule has 1 saturated carbocycles. The summed E-state index contributed by atoms with van der Waals surface area (Å²) in [5, 5.41) is 7.85. The molecule has 1 fully saturated rings. The van der Waals surface area contributed by atoms with E-state index in [0.29, 0.717) is 6.04 Å². The standard InChI is InChI=1S/C13H16N2S2/c1-16-10-3-2-9(8-10)15-13-11-5-7-17-12(11)4-6-14-13/h4-7,9-10H,2-3,8H2,1H3,(H,14,15). The average molecular weight is 264 g/mol. The Morgan fingerprint density at radius 2 is 2.35 bits per heavy atom. The second-order valence-electron chi connectivity index (χ2n) is 4.50. The predicted molar refractivity (Wildman–Crippen MR) is 78.2 cm³/mol. The van der Waals surface area contributed by atoms with Crippen molar-refractivity contribution in [3.8, 4) is 0 Å². The second kappa shape index (κ2) is 4.86. The summed E-state index contributed by atoms with van der Waals surface area (Å²) in [6.45, 7) is 0. The molecule has 2 atom stereocenters. The molecule has 0 saturated heterocycles. The zero-order valence-corrected chi connectivity index (χ0v) is 11.5. The topological polar surface area (TPSA) is 24.9 Å². The van der Waals surface area contributed by atoms with Crippen LogP contribution in [0.5, 0.6) is 0 Å². The maximum absolute atomic E-state index is 4.48. The first-order chi connectivity index (χ1) is 8.36. The van der Waals surface area contributed by atoms with Gasteiger partial charge in [-0.2, -0.15) is 11.8 Å². The summed E-state index contributed by atoms with van der Waals surface area (Å²) in [5.41, 5.74) is 0. The molecule has 1 aliphatic carbocycles. The fraction of sp³-hybridized carbons (Fsp3) is 0.462. The van der Waals surface area contributed by atoms with Gasteiger partial charge in [0.05, 0.1) is 0 Å². The summed E-state index contributed by atoms with van der Waals surface area (Å²) in [7, 11) is 0.